The smallest absolute Gasteiger partial charge is 0.140 e. The topological polar surface area (TPSA) is 30.7 Å². The van der Waals surface area contributed by atoms with Crippen LogP contribution in [0.25, 0.3) is 11.1 Å². The zero-order valence-corrected chi connectivity index (χ0v) is 13.0. The van der Waals surface area contributed by atoms with E-state index in [1.165, 1.54) is 27.8 Å². The molecule has 0 unspecified atom stereocenters. The second kappa shape index (κ2) is 4.90. The summed E-state index contributed by atoms with van der Waals surface area (Å²) in [4.78, 5) is 0. The van der Waals surface area contributed by atoms with Gasteiger partial charge < -0.3 is 0 Å². The third-order valence-corrected chi connectivity index (χ3v) is 4.88. The molecule has 0 bridgehead atoms. The van der Waals surface area contributed by atoms with Crippen molar-refractivity contribution in [3.05, 3.63) is 108 Å². The van der Waals surface area contributed by atoms with Crippen molar-refractivity contribution in [3.63, 3.8) is 0 Å². The second-order valence-corrected chi connectivity index (χ2v) is 6.02. The van der Waals surface area contributed by atoms with Gasteiger partial charge in [0, 0.05) is 6.20 Å². The Kier molecular flexibility index (Phi) is 2.71. The van der Waals surface area contributed by atoms with E-state index in [0.29, 0.717) is 0 Å². The number of aromatic nitrogens is 3. The number of nitrogens with zero attached hydrogens (tertiary/aromatic N) is 3. The van der Waals surface area contributed by atoms with Crippen LogP contribution < -0.4 is 0 Å². The van der Waals surface area contributed by atoms with Gasteiger partial charge in [-0.25, -0.2) is 4.68 Å². The minimum atomic E-state index is -0.481. The molecule has 0 saturated carbocycles. The quantitative estimate of drug-likeness (QED) is 0.491. The molecule has 0 N–H and O–H groups in total. The lowest BCUT2D eigenvalue weighted by Crippen LogP contribution is -2.36. The summed E-state index contributed by atoms with van der Waals surface area (Å²) in [6, 6.07) is 27.7. The lowest BCUT2D eigenvalue weighted by Gasteiger charge is -2.32. The van der Waals surface area contributed by atoms with E-state index in [9.17, 15) is 0 Å². The van der Waals surface area contributed by atoms with Crippen LogP contribution in [0.4, 0.5) is 0 Å². The lowest BCUT2D eigenvalue weighted by atomic mass is 9.81. The highest BCUT2D eigenvalue weighted by Gasteiger charge is 2.46. The molecule has 1 aliphatic rings. The summed E-state index contributed by atoms with van der Waals surface area (Å²) in [7, 11) is 0. The maximum Gasteiger partial charge on any atom is 0.140 e. The molecule has 0 atom stereocenters. The zero-order valence-electron chi connectivity index (χ0n) is 13.0. The van der Waals surface area contributed by atoms with E-state index >= 15 is 0 Å². The zero-order chi connectivity index (χ0) is 16.0. The van der Waals surface area contributed by atoms with Gasteiger partial charge in [-0.3, -0.25) is 0 Å². The average molecular weight is 309 g/mol. The fourth-order valence-electron chi connectivity index (χ4n) is 3.97. The Hall–Kier alpha value is -3.20. The standard InChI is InChI=1S/C21H15N3/c1-2-8-16(9-3-1)21(24-15-14-22-23-24)19-12-6-4-10-17(19)18-11-5-7-13-20(18)21/h1-15H. The fourth-order valence-corrected chi connectivity index (χ4v) is 3.97. The molecule has 0 aliphatic heterocycles. The van der Waals surface area contributed by atoms with Crippen molar-refractivity contribution in [2.24, 2.45) is 0 Å². The van der Waals surface area contributed by atoms with Crippen molar-refractivity contribution in [3.8, 4) is 11.1 Å². The molecule has 1 aromatic heterocycles. The van der Waals surface area contributed by atoms with Crippen LogP contribution in [0.5, 0.6) is 0 Å². The van der Waals surface area contributed by atoms with Crippen LogP contribution in [-0.2, 0) is 5.54 Å². The van der Waals surface area contributed by atoms with Crippen molar-refractivity contribution in [2.45, 2.75) is 5.54 Å². The van der Waals surface area contributed by atoms with E-state index in [1.807, 2.05) is 16.9 Å². The van der Waals surface area contributed by atoms with Gasteiger partial charge in [0.25, 0.3) is 0 Å². The third-order valence-electron chi connectivity index (χ3n) is 4.88. The highest BCUT2D eigenvalue weighted by molar-refractivity contribution is 5.83. The van der Waals surface area contributed by atoms with Crippen molar-refractivity contribution in [2.75, 3.05) is 0 Å². The number of hydrogen-bond acceptors (Lipinski definition) is 2. The van der Waals surface area contributed by atoms with Crippen molar-refractivity contribution < 1.29 is 0 Å². The minimum absolute atomic E-state index is 0.481. The number of hydrogen-bond donors (Lipinski definition) is 0. The number of benzene rings is 3. The van der Waals surface area contributed by atoms with E-state index in [0.717, 1.165) is 0 Å². The van der Waals surface area contributed by atoms with Crippen LogP contribution in [-0.4, -0.2) is 15.0 Å². The van der Waals surface area contributed by atoms with Crippen LogP contribution in [0.1, 0.15) is 16.7 Å². The summed E-state index contributed by atoms with van der Waals surface area (Å²) in [6.07, 6.45) is 3.69. The molecule has 0 amide bonds. The van der Waals surface area contributed by atoms with Gasteiger partial charge >= 0.3 is 0 Å². The Labute approximate surface area is 140 Å². The van der Waals surface area contributed by atoms with Gasteiger partial charge in [-0.1, -0.05) is 84.1 Å². The molecule has 24 heavy (non-hydrogen) atoms. The van der Waals surface area contributed by atoms with E-state index in [2.05, 4.69) is 83.1 Å². The average Bonchev–Trinajstić information content (AvgIpc) is 3.28. The molecule has 114 valence electrons. The number of fused-ring (bicyclic) bond motifs is 3. The van der Waals surface area contributed by atoms with E-state index in [4.69, 9.17) is 0 Å². The van der Waals surface area contributed by atoms with E-state index < -0.39 is 5.54 Å². The molecule has 0 radical (unpaired) electrons. The molecule has 1 heterocycles. The largest absolute Gasteiger partial charge is 0.233 e. The highest BCUT2D eigenvalue weighted by atomic mass is 15.4. The maximum absolute atomic E-state index is 4.41. The van der Waals surface area contributed by atoms with Gasteiger partial charge in [0.2, 0.25) is 0 Å². The molecule has 3 aromatic carbocycles. The lowest BCUT2D eigenvalue weighted by molar-refractivity contribution is 0.456. The molecular formula is C21H15N3. The van der Waals surface area contributed by atoms with Gasteiger partial charge in [0.15, 0.2) is 0 Å². The second-order valence-electron chi connectivity index (χ2n) is 6.02. The first-order valence-electron chi connectivity index (χ1n) is 8.04. The molecule has 5 rings (SSSR count). The summed E-state index contributed by atoms with van der Waals surface area (Å²) in [5, 5.41) is 8.51. The monoisotopic (exact) mass is 309 g/mol. The maximum atomic E-state index is 4.41. The first-order valence-corrected chi connectivity index (χ1v) is 8.04. The Morgan fingerprint density at radius 3 is 1.83 bits per heavy atom. The normalized spacial score (nSPS) is 14.2. The van der Waals surface area contributed by atoms with Crippen molar-refractivity contribution in [1.82, 2.24) is 15.0 Å². The predicted octanol–water partition coefficient (Wildman–Crippen LogP) is 4.10. The first-order chi connectivity index (χ1) is 11.9. The van der Waals surface area contributed by atoms with Crippen LogP contribution in [0.15, 0.2) is 91.3 Å². The molecule has 0 fully saturated rings. The first kappa shape index (κ1) is 13.3. The minimum Gasteiger partial charge on any atom is -0.233 e. The molecule has 3 nitrogen and oxygen atoms in total. The van der Waals surface area contributed by atoms with Gasteiger partial charge in [0.1, 0.15) is 5.54 Å². The molecule has 1 aliphatic carbocycles. The summed E-state index contributed by atoms with van der Waals surface area (Å²) in [5.41, 5.74) is 5.70. The Balaban J connectivity index is 1.98. The molecule has 3 heteroatoms. The Bertz CT molecular complexity index is 959. The van der Waals surface area contributed by atoms with Gasteiger partial charge in [-0.05, 0) is 27.8 Å². The van der Waals surface area contributed by atoms with E-state index in [1.54, 1.807) is 6.20 Å². The third kappa shape index (κ3) is 1.56. The number of rotatable bonds is 2. The van der Waals surface area contributed by atoms with Crippen LogP contribution in [0, 0.1) is 0 Å². The Morgan fingerprint density at radius 2 is 1.25 bits per heavy atom. The summed E-state index contributed by atoms with van der Waals surface area (Å²) < 4.78 is 1.98. The molecule has 4 aromatic rings. The molecule has 0 spiro atoms. The van der Waals surface area contributed by atoms with E-state index in [-0.39, 0.29) is 0 Å². The summed E-state index contributed by atoms with van der Waals surface area (Å²) >= 11 is 0. The summed E-state index contributed by atoms with van der Waals surface area (Å²) in [6.45, 7) is 0. The highest BCUT2D eigenvalue weighted by Crippen LogP contribution is 2.52. The molecule has 0 saturated heterocycles. The van der Waals surface area contributed by atoms with Crippen molar-refractivity contribution in [1.29, 1.82) is 0 Å². The van der Waals surface area contributed by atoms with Crippen LogP contribution in [0.3, 0.4) is 0 Å². The summed E-state index contributed by atoms with van der Waals surface area (Å²) in [5.74, 6) is 0. The Morgan fingerprint density at radius 1 is 0.667 bits per heavy atom. The van der Waals surface area contributed by atoms with Crippen molar-refractivity contribution >= 4 is 0 Å². The molecular weight excluding hydrogens is 294 g/mol. The van der Waals surface area contributed by atoms with Crippen LogP contribution in [0.2, 0.25) is 0 Å². The fraction of sp³-hybridized carbons (Fsp3) is 0.0476. The SMILES string of the molecule is c1ccc(C2(n3ccnn3)c3ccccc3-c3ccccc32)cc1. The van der Waals surface area contributed by atoms with Gasteiger partial charge in [-0.15, -0.1) is 5.10 Å². The van der Waals surface area contributed by atoms with Gasteiger partial charge in [-0.2, -0.15) is 0 Å². The van der Waals surface area contributed by atoms with Gasteiger partial charge in [0.05, 0.1) is 6.20 Å². The van der Waals surface area contributed by atoms with Crippen LogP contribution >= 0.6 is 0 Å². The predicted molar refractivity (Wildman–Crippen MR) is 93.6 cm³/mol.